The molecule has 96 valence electrons. The second-order valence-electron chi connectivity index (χ2n) is 3.77. The van der Waals surface area contributed by atoms with Gasteiger partial charge >= 0.3 is 11.9 Å². The van der Waals surface area contributed by atoms with E-state index in [0.717, 1.165) is 0 Å². The van der Waals surface area contributed by atoms with E-state index in [4.69, 9.17) is 9.84 Å². The van der Waals surface area contributed by atoms with Gasteiger partial charge in [-0.05, 0) is 30.3 Å². The molecule has 2 aromatic carbocycles. The number of carboxylic acids is 1. The predicted octanol–water partition coefficient (Wildman–Crippen LogP) is 2.31. The van der Waals surface area contributed by atoms with E-state index < -0.39 is 11.9 Å². The van der Waals surface area contributed by atoms with E-state index in [1.54, 1.807) is 0 Å². The summed E-state index contributed by atoms with van der Waals surface area (Å²) in [5.74, 6) is -1.64. The molecular formula is C14H10O5. The summed E-state index contributed by atoms with van der Waals surface area (Å²) >= 11 is 0. The van der Waals surface area contributed by atoms with Crippen molar-refractivity contribution in [2.24, 2.45) is 0 Å². The highest BCUT2D eigenvalue weighted by Crippen LogP contribution is 2.19. The fraction of sp³-hybridized carbons (Fsp3) is 0. The van der Waals surface area contributed by atoms with Crippen LogP contribution in [0.3, 0.4) is 0 Å². The molecule has 2 aromatic rings. The summed E-state index contributed by atoms with van der Waals surface area (Å²) in [5, 5.41) is 18.1. The Morgan fingerprint density at radius 3 is 2.32 bits per heavy atom. The monoisotopic (exact) mass is 258 g/mol. The van der Waals surface area contributed by atoms with E-state index in [-0.39, 0.29) is 22.6 Å². The molecular weight excluding hydrogens is 248 g/mol. The fourth-order valence-electron chi connectivity index (χ4n) is 1.49. The number of carboxylic acid groups (broad SMARTS) is 1. The molecule has 0 aliphatic carbocycles. The van der Waals surface area contributed by atoms with Crippen LogP contribution in [0.2, 0.25) is 0 Å². The van der Waals surface area contributed by atoms with Crippen LogP contribution in [0.15, 0.2) is 48.5 Å². The molecule has 0 heterocycles. The number of aromatic hydroxyl groups is 1. The molecule has 0 aromatic heterocycles. The van der Waals surface area contributed by atoms with Gasteiger partial charge in [0, 0.05) is 6.07 Å². The minimum absolute atomic E-state index is 0.00496. The smallest absolute Gasteiger partial charge is 0.343 e. The highest BCUT2D eigenvalue weighted by Gasteiger charge is 2.11. The van der Waals surface area contributed by atoms with Gasteiger partial charge in [0.2, 0.25) is 0 Å². The van der Waals surface area contributed by atoms with Gasteiger partial charge in [-0.1, -0.05) is 12.1 Å². The van der Waals surface area contributed by atoms with Crippen molar-refractivity contribution in [2.75, 3.05) is 0 Å². The number of ether oxygens (including phenoxy) is 1. The molecule has 5 nitrogen and oxygen atoms in total. The lowest BCUT2D eigenvalue weighted by molar-refractivity contribution is 0.0697. The maximum atomic E-state index is 11.8. The maximum absolute atomic E-state index is 11.8. The molecule has 0 unspecified atom stereocenters. The first-order valence-electron chi connectivity index (χ1n) is 5.41. The molecule has 2 N–H and O–H groups in total. The van der Waals surface area contributed by atoms with Gasteiger partial charge in [-0.15, -0.1) is 0 Å². The first-order chi connectivity index (χ1) is 9.06. The van der Waals surface area contributed by atoms with Crippen molar-refractivity contribution in [1.29, 1.82) is 0 Å². The van der Waals surface area contributed by atoms with E-state index >= 15 is 0 Å². The minimum atomic E-state index is -1.12. The summed E-state index contributed by atoms with van der Waals surface area (Å²) in [6.07, 6.45) is 0. The molecule has 0 radical (unpaired) electrons. The van der Waals surface area contributed by atoms with Crippen LogP contribution in [-0.2, 0) is 0 Å². The molecule has 19 heavy (non-hydrogen) atoms. The van der Waals surface area contributed by atoms with E-state index in [9.17, 15) is 14.7 Å². The van der Waals surface area contributed by atoms with Gasteiger partial charge in [-0.2, -0.15) is 0 Å². The molecule has 0 fully saturated rings. The van der Waals surface area contributed by atoms with Crippen LogP contribution in [0.4, 0.5) is 0 Å². The van der Waals surface area contributed by atoms with Crippen LogP contribution < -0.4 is 4.74 Å². The van der Waals surface area contributed by atoms with Crippen LogP contribution in [0.25, 0.3) is 0 Å². The zero-order valence-corrected chi connectivity index (χ0v) is 9.74. The van der Waals surface area contributed by atoms with Gasteiger partial charge in [0.25, 0.3) is 0 Å². The first-order valence-corrected chi connectivity index (χ1v) is 5.41. The standard InChI is InChI=1S/C14H10O5/c15-11-5-2-6-12(8-11)19-14(18)10-4-1-3-9(7-10)13(16)17/h1-8,15H,(H,16,17). The lowest BCUT2D eigenvalue weighted by Crippen LogP contribution is -2.09. The summed E-state index contributed by atoms with van der Waals surface area (Å²) in [7, 11) is 0. The second kappa shape index (κ2) is 5.22. The summed E-state index contributed by atoms with van der Waals surface area (Å²) in [6.45, 7) is 0. The normalized spacial score (nSPS) is 9.89. The van der Waals surface area contributed by atoms with Crippen LogP contribution in [0.5, 0.6) is 11.5 Å². The van der Waals surface area contributed by atoms with Crippen molar-refractivity contribution in [1.82, 2.24) is 0 Å². The quantitative estimate of drug-likeness (QED) is 0.652. The third-order valence-corrected chi connectivity index (χ3v) is 2.37. The average Bonchev–Trinajstić information content (AvgIpc) is 2.39. The van der Waals surface area contributed by atoms with Crippen molar-refractivity contribution >= 4 is 11.9 Å². The molecule has 0 saturated heterocycles. The van der Waals surface area contributed by atoms with Crippen molar-refractivity contribution in [3.8, 4) is 11.5 Å². The molecule has 0 bridgehead atoms. The lowest BCUT2D eigenvalue weighted by atomic mass is 10.1. The van der Waals surface area contributed by atoms with Crippen LogP contribution in [0, 0.1) is 0 Å². The first kappa shape index (κ1) is 12.6. The molecule has 5 heteroatoms. The average molecular weight is 258 g/mol. The van der Waals surface area contributed by atoms with Gasteiger partial charge in [0.05, 0.1) is 11.1 Å². The van der Waals surface area contributed by atoms with Gasteiger partial charge in [-0.3, -0.25) is 0 Å². The Labute approximate surface area is 108 Å². The third-order valence-electron chi connectivity index (χ3n) is 2.37. The van der Waals surface area contributed by atoms with Gasteiger partial charge < -0.3 is 14.9 Å². The van der Waals surface area contributed by atoms with Crippen molar-refractivity contribution in [3.63, 3.8) is 0 Å². The van der Waals surface area contributed by atoms with Crippen molar-refractivity contribution < 1.29 is 24.5 Å². The molecule has 2 rings (SSSR count). The van der Waals surface area contributed by atoms with Crippen LogP contribution in [-0.4, -0.2) is 22.2 Å². The number of phenolic OH excluding ortho intramolecular Hbond substituents is 1. The van der Waals surface area contributed by atoms with Gasteiger partial charge in [0.15, 0.2) is 0 Å². The molecule has 0 aliphatic heterocycles. The van der Waals surface area contributed by atoms with Crippen LogP contribution >= 0.6 is 0 Å². The number of esters is 1. The van der Waals surface area contributed by atoms with Gasteiger partial charge in [-0.25, -0.2) is 9.59 Å². The summed E-state index contributed by atoms with van der Waals surface area (Å²) in [5.41, 5.74) is 0.133. The second-order valence-corrected chi connectivity index (χ2v) is 3.77. The number of aromatic carboxylic acids is 1. The summed E-state index contributed by atoms with van der Waals surface area (Å²) in [4.78, 5) is 22.6. The largest absolute Gasteiger partial charge is 0.508 e. The summed E-state index contributed by atoms with van der Waals surface area (Å²) in [6, 6.07) is 11.3. The van der Waals surface area contributed by atoms with Gasteiger partial charge in [0.1, 0.15) is 11.5 Å². The number of rotatable bonds is 3. The highest BCUT2D eigenvalue weighted by atomic mass is 16.5. The van der Waals surface area contributed by atoms with E-state index in [1.165, 1.54) is 48.5 Å². The maximum Gasteiger partial charge on any atom is 0.343 e. The Kier molecular flexibility index (Phi) is 3.47. The number of hydrogen-bond donors (Lipinski definition) is 2. The molecule has 0 saturated carbocycles. The zero-order chi connectivity index (χ0) is 13.8. The SMILES string of the molecule is O=C(O)c1cccc(C(=O)Oc2cccc(O)c2)c1. The Bertz CT molecular complexity index is 633. The van der Waals surface area contributed by atoms with Crippen molar-refractivity contribution in [3.05, 3.63) is 59.7 Å². The minimum Gasteiger partial charge on any atom is -0.508 e. The zero-order valence-electron chi connectivity index (χ0n) is 9.74. The van der Waals surface area contributed by atoms with E-state index in [2.05, 4.69) is 0 Å². The number of phenols is 1. The molecule has 0 spiro atoms. The molecule has 0 aliphatic rings. The van der Waals surface area contributed by atoms with Crippen LogP contribution in [0.1, 0.15) is 20.7 Å². The predicted molar refractivity (Wildman–Crippen MR) is 66.5 cm³/mol. The Morgan fingerprint density at radius 2 is 1.63 bits per heavy atom. The molecule has 0 amide bonds. The lowest BCUT2D eigenvalue weighted by Gasteiger charge is -2.05. The number of carbonyl (C=O) groups excluding carboxylic acids is 1. The van der Waals surface area contributed by atoms with E-state index in [0.29, 0.717) is 0 Å². The Balaban J connectivity index is 2.20. The fourth-order valence-corrected chi connectivity index (χ4v) is 1.49. The molecule has 0 atom stereocenters. The Morgan fingerprint density at radius 1 is 0.947 bits per heavy atom. The van der Waals surface area contributed by atoms with Crippen molar-refractivity contribution in [2.45, 2.75) is 0 Å². The Hall–Kier alpha value is -2.82. The number of benzene rings is 2. The summed E-state index contributed by atoms with van der Waals surface area (Å²) < 4.78 is 5.02. The topological polar surface area (TPSA) is 83.8 Å². The number of hydrogen-bond acceptors (Lipinski definition) is 4. The van der Waals surface area contributed by atoms with E-state index in [1.807, 2.05) is 0 Å². The number of carbonyl (C=O) groups is 2. The third kappa shape index (κ3) is 3.10. The highest BCUT2D eigenvalue weighted by molar-refractivity contribution is 5.95.